The molecule has 6 heteroatoms. The topological polar surface area (TPSA) is 58.1 Å². The van der Waals surface area contributed by atoms with Gasteiger partial charge in [-0.3, -0.25) is 4.90 Å². The Hall–Kier alpha value is -1.63. The van der Waals surface area contributed by atoms with Crippen LogP contribution in [0.15, 0.2) is 29.3 Å². The summed E-state index contributed by atoms with van der Waals surface area (Å²) in [4.78, 5) is 7.11. The minimum Gasteiger partial charge on any atom is -0.379 e. The highest BCUT2D eigenvalue weighted by Gasteiger charge is 2.16. The third kappa shape index (κ3) is 7.32. The van der Waals surface area contributed by atoms with E-state index in [4.69, 9.17) is 9.47 Å². The normalized spacial score (nSPS) is 16.5. The third-order valence-electron chi connectivity index (χ3n) is 4.53. The molecule has 0 amide bonds. The summed E-state index contributed by atoms with van der Waals surface area (Å²) < 4.78 is 10.8. The van der Waals surface area contributed by atoms with Gasteiger partial charge in [0.05, 0.1) is 25.4 Å². The summed E-state index contributed by atoms with van der Waals surface area (Å²) in [6, 6.07) is 8.74. The van der Waals surface area contributed by atoms with Crippen LogP contribution in [0.2, 0.25) is 0 Å². The fourth-order valence-corrected chi connectivity index (χ4v) is 2.65. The molecule has 1 aromatic carbocycles. The molecule has 1 aromatic rings. The zero-order valence-electron chi connectivity index (χ0n) is 16.7. The molecule has 0 saturated carbocycles. The molecule has 1 saturated heterocycles. The van der Waals surface area contributed by atoms with Crippen molar-refractivity contribution in [2.75, 3.05) is 46.5 Å². The third-order valence-corrected chi connectivity index (χ3v) is 4.53. The van der Waals surface area contributed by atoms with Crippen molar-refractivity contribution in [3.8, 4) is 0 Å². The molecule has 0 atom stereocenters. The fraction of sp³-hybridized carbons (Fsp3) is 0.650. The van der Waals surface area contributed by atoms with Crippen molar-refractivity contribution >= 4 is 5.96 Å². The molecule has 26 heavy (non-hydrogen) atoms. The zero-order chi connectivity index (χ0) is 18.8. The number of hydrogen-bond donors (Lipinski definition) is 2. The van der Waals surface area contributed by atoms with Gasteiger partial charge in [-0.25, -0.2) is 4.99 Å². The van der Waals surface area contributed by atoms with Gasteiger partial charge in [-0.05, 0) is 31.9 Å². The predicted octanol–water partition coefficient (Wildman–Crippen LogP) is 2.00. The number of aliphatic imine (C=N–C) groups is 1. The molecule has 2 N–H and O–H groups in total. The molecule has 0 aromatic heterocycles. The zero-order valence-corrected chi connectivity index (χ0v) is 16.7. The molecular formula is C20H34N4O2. The minimum atomic E-state index is -0.225. The number of benzene rings is 1. The summed E-state index contributed by atoms with van der Waals surface area (Å²) in [5, 5.41) is 6.62. The maximum absolute atomic E-state index is 5.45. The number of rotatable bonds is 8. The van der Waals surface area contributed by atoms with Crippen LogP contribution < -0.4 is 10.6 Å². The van der Waals surface area contributed by atoms with Gasteiger partial charge in [-0.15, -0.1) is 0 Å². The van der Waals surface area contributed by atoms with Gasteiger partial charge in [0.25, 0.3) is 0 Å². The van der Waals surface area contributed by atoms with Crippen molar-refractivity contribution < 1.29 is 9.47 Å². The molecule has 1 heterocycles. The first kappa shape index (κ1) is 20.7. The molecule has 2 rings (SSSR count). The summed E-state index contributed by atoms with van der Waals surface area (Å²) in [7, 11) is 1.73. The molecule has 1 aliphatic rings. The molecule has 1 aliphatic heterocycles. The average Bonchev–Trinajstić information content (AvgIpc) is 2.66. The SMILES string of the molecule is CCNC(=NCc1ccc(CN2CCOCC2)cc1)NCC(C)(C)OC. The van der Waals surface area contributed by atoms with Gasteiger partial charge in [-0.2, -0.15) is 0 Å². The molecule has 0 aliphatic carbocycles. The first-order valence-corrected chi connectivity index (χ1v) is 9.47. The van der Waals surface area contributed by atoms with Crippen molar-refractivity contribution in [2.45, 2.75) is 39.5 Å². The first-order chi connectivity index (χ1) is 12.5. The van der Waals surface area contributed by atoms with Crippen LogP contribution in [0.25, 0.3) is 0 Å². The average molecular weight is 363 g/mol. The van der Waals surface area contributed by atoms with E-state index in [1.54, 1.807) is 7.11 Å². The molecule has 6 nitrogen and oxygen atoms in total. The molecular weight excluding hydrogens is 328 g/mol. The van der Waals surface area contributed by atoms with E-state index in [9.17, 15) is 0 Å². The van der Waals surface area contributed by atoms with Crippen molar-refractivity contribution in [3.63, 3.8) is 0 Å². The van der Waals surface area contributed by atoms with E-state index >= 15 is 0 Å². The first-order valence-electron chi connectivity index (χ1n) is 9.47. The Balaban J connectivity index is 1.87. The van der Waals surface area contributed by atoms with E-state index in [2.05, 4.69) is 65.6 Å². The van der Waals surface area contributed by atoms with Crippen LogP contribution in [0.5, 0.6) is 0 Å². The second kappa shape index (κ2) is 10.5. The smallest absolute Gasteiger partial charge is 0.191 e. The minimum absolute atomic E-state index is 0.225. The van der Waals surface area contributed by atoms with E-state index in [0.29, 0.717) is 13.1 Å². The number of hydrogen-bond acceptors (Lipinski definition) is 4. The number of nitrogens with zero attached hydrogens (tertiary/aromatic N) is 2. The van der Waals surface area contributed by atoms with Gasteiger partial charge in [-0.1, -0.05) is 24.3 Å². The number of guanidine groups is 1. The maximum Gasteiger partial charge on any atom is 0.191 e. The highest BCUT2D eigenvalue weighted by atomic mass is 16.5. The quantitative estimate of drug-likeness (QED) is 0.547. The van der Waals surface area contributed by atoms with Crippen LogP contribution in [-0.4, -0.2) is 63.0 Å². The fourth-order valence-electron chi connectivity index (χ4n) is 2.65. The second-order valence-electron chi connectivity index (χ2n) is 7.22. The molecule has 0 bridgehead atoms. The summed E-state index contributed by atoms with van der Waals surface area (Å²) in [6.07, 6.45) is 0. The molecule has 1 fully saturated rings. The summed E-state index contributed by atoms with van der Waals surface area (Å²) in [6.45, 7) is 13.1. The van der Waals surface area contributed by atoms with Crippen molar-refractivity contribution in [3.05, 3.63) is 35.4 Å². The van der Waals surface area contributed by atoms with Gasteiger partial charge in [0.15, 0.2) is 5.96 Å². The van der Waals surface area contributed by atoms with Crippen molar-refractivity contribution in [1.82, 2.24) is 15.5 Å². The Kier molecular flexibility index (Phi) is 8.35. The second-order valence-corrected chi connectivity index (χ2v) is 7.22. The van der Waals surface area contributed by atoms with Gasteiger partial charge in [0, 0.05) is 39.8 Å². The summed E-state index contributed by atoms with van der Waals surface area (Å²) in [5.74, 6) is 0.815. The van der Waals surface area contributed by atoms with E-state index < -0.39 is 0 Å². The number of methoxy groups -OCH3 is 1. The van der Waals surface area contributed by atoms with Crippen LogP contribution in [0.3, 0.4) is 0 Å². The largest absolute Gasteiger partial charge is 0.379 e. The van der Waals surface area contributed by atoms with Crippen LogP contribution in [0.1, 0.15) is 31.9 Å². The maximum atomic E-state index is 5.45. The van der Waals surface area contributed by atoms with Crippen LogP contribution in [0.4, 0.5) is 0 Å². The van der Waals surface area contributed by atoms with Gasteiger partial charge >= 0.3 is 0 Å². The Morgan fingerprint density at radius 2 is 1.81 bits per heavy atom. The lowest BCUT2D eigenvalue weighted by atomic mass is 10.1. The Bertz CT molecular complexity index is 551. The highest BCUT2D eigenvalue weighted by molar-refractivity contribution is 5.79. The Morgan fingerprint density at radius 3 is 2.42 bits per heavy atom. The van der Waals surface area contributed by atoms with E-state index in [0.717, 1.165) is 45.4 Å². The number of nitrogens with one attached hydrogen (secondary N) is 2. The van der Waals surface area contributed by atoms with E-state index in [1.165, 1.54) is 11.1 Å². The number of morpholine rings is 1. The molecule has 0 radical (unpaired) electrons. The summed E-state index contributed by atoms with van der Waals surface area (Å²) in [5.41, 5.74) is 2.32. The molecule has 146 valence electrons. The van der Waals surface area contributed by atoms with Crippen LogP contribution in [0, 0.1) is 0 Å². The van der Waals surface area contributed by atoms with Gasteiger partial charge < -0.3 is 20.1 Å². The van der Waals surface area contributed by atoms with Crippen LogP contribution in [-0.2, 0) is 22.6 Å². The predicted molar refractivity (Wildman–Crippen MR) is 106 cm³/mol. The monoisotopic (exact) mass is 362 g/mol. The molecule has 0 spiro atoms. The van der Waals surface area contributed by atoms with E-state index in [-0.39, 0.29) is 5.60 Å². The lowest BCUT2D eigenvalue weighted by molar-refractivity contribution is 0.0268. The van der Waals surface area contributed by atoms with Gasteiger partial charge in [0.1, 0.15) is 0 Å². The van der Waals surface area contributed by atoms with Crippen LogP contribution >= 0.6 is 0 Å². The molecule has 0 unspecified atom stereocenters. The lowest BCUT2D eigenvalue weighted by Crippen LogP contribution is -2.45. The van der Waals surface area contributed by atoms with Crippen molar-refractivity contribution in [1.29, 1.82) is 0 Å². The lowest BCUT2D eigenvalue weighted by Gasteiger charge is -2.26. The Morgan fingerprint density at radius 1 is 1.15 bits per heavy atom. The summed E-state index contributed by atoms with van der Waals surface area (Å²) >= 11 is 0. The van der Waals surface area contributed by atoms with E-state index in [1.807, 2.05) is 0 Å². The van der Waals surface area contributed by atoms with Crippen molar-refractivity contribution in [2.24, 2.45) is 4.99 Å². The highest BCUT2D eigenvalue weighted by Crippen LogP contribution is 2.10. The van der Waals surface area contributed by atoms with Gasteiger partial charge in [0.2, 0.25) is 0 Å². The standard InChI is InChI=1S/C20H34N4O2/c1-5-21-19(23-16-20(2,3)25-4)22-14-17-6-8-18(9-7-17)15-24-10-12-26-13-11-24/h6-9H,5,10-16H2,1-4H3,(H2,21,22,23). The Labute approximate surface area is 158 Å². The number of ether oxygens (including phenoxy) is 2.